The summed E-state index contributed by atoms with van der Waals surface area (Å²) in [5, 5.41) is 2.07. The molecule has 6 aromatic carbocycles. The molecule has 0 saturated heterocycles. The van der Waals surface area contributed by atoms with Crippen LogP contribution in [0, 0.1) is 0 Å². The lowest BCUT2D eigenvalue weighted by Gasteiger charge is -2.25. The zero-order valence-corrected chi connectivity index (χ0v) is 22.1. The van der Waals surface area contributed by atoms with Crippen molar-refractivity contribution in [2.75, 3.05) is 4.90 Å². The highest BCUT2D eigenvalue weighted by Crippen LogP contribution is 2.40. The van der Waals surface area contributed by atoms with Gasteiger partial charge in [0.1, 0.15) is 16.7 Å². The minimum Gasteiger partial charge on any atom is -0.455 e. The third kappa shape index (κ3) is 4.05. The fourth-order valence-corrected chi connectivity index (χ4v) is 5.54. The van der Waals surface area contributed by atoms with E-state index in [1.807, 2.05) is 54.6 Å². The number of oxazole rings is 1. The standard InChI is InChI=1S/C37H24N2O2/c1-4-11-26(12-5-1)37-38-33-24-34-32(23-35(33)41-37)31-18-10-17-30(36(31)40-34)25-19-21-29(22-20-25)39(27-13-6-2-7-14-27)28-15-8-3-9-16-28/h1-24H. The number of rotatable bonds is 5. The number of hydrogen-bond acceptors (Lipinski definition) is 4. The highest BCUT2D eigenvalue weighted by atomic mass is 16.4. The lowest BCUT2D eigenvalue weighted by Crippen LogP contribution is -2.09. The number of anilines is 3. The van der Waals surface area contributed by atoms with Crippen molar-refractivity contribution >= 4 is 50.1 Å². The van der Waals surface area contributed by atoms with Gasteiger partial charge in [0.05, 0.1) is 0 Å². The van der Waals surface area contributed by atoms with Gasteiger partial charge in [-0.05, 0) is 60.2 Å². The van der Waals surface area contributed by atoms with E-state index in [1.54, 1.807) is 0 Å². The molecule has 0 aliphatic carbocycles. The van der Waals surface area contributed by atoms with Crippen molar-refractivity contribution in [3.8, 4) is 22.6 Å². The summed E-state index contributed by atoms with van der Waals surface area (Å²) in [6, 6.07) is 49.8. The first-order valence-corrected chi connectivity index (χ1v) is 13.6. The first-order valence-electron chi connectivity index (χ1n) is 13.6. The van der Waals surface area contributed by atoms with Crippen LogP contribution in [0.1, 0.15) is 0 Å². The summed E-state index contributed by atoms with van der Waals surface area (Å²) >= 11 is 0. The zero-order valence-electron chi connectivity index (χ0n) is 22.1. The Morgan fingerprint density at radius 3 is 1.78 bits per heavy atom. The number of benzene rings is 6. The Kier molecular flexibility index (Phi) is 5.42. The SMILES string of the molecule is c1ccc(-c2nc3cc4oc5c(-c6ccc(N(c7ccccc7)c7ccccc7)cc6)cccc5c4cc3o2)cc1. The highest BCUT2D eigenvalue weighted by Gasteiger charge is 2.17. The van der Waals surface area contributed by atoms with Crippen molar-refractivity contribution in [2.24, 2.45) is 0 Å². The van der Waals surface area contributed by atoms with Gasteiger partial charge in [0.15, 0.2) is 5.58 Å². The number of aromatic nitrogens is 1. The molecule has 0 unspecified atom stereocenters. The number of furan rings is 1. The predicted molar refractivity (Wildman–Crippen MR) is 167 cm³/mol. The third-order valence-electron chi connectivity index (χ3n) is 7.49. The molecule has 0 spiro atoms. The lowest BCUT2D eigenvalue weighted by molar-refractivity contribution is 0.620. The van der Waals surface area contributed by atoms with E-state index in [2.05, 4.69) is 95.9 Å². The first kappa shape index (κ1) is 23.3. The van der Waals surface area contributed by atoms with Crippen molar-refractivity contribution in [1.29, 1.82) is 0 Å². The summed E-state index contributed by atoms with van der Waals surface area (Å²) in [6.45, 7) is 0. The van der Waals surface area contributed by atoms with E-state index >= 15 is 0 Å². The molecule has 0 amide bonds. The van der Waals surface area contributed by atoms with E-state index in [0.717, 1.165) is 66.8 Å². The molecule has 194 valence electrons. The molecule has 8 rings (SSSR count). The maximum Gasteiger partial charge on any atom is 0.227 e. The van der Waals surface area contributed by atoms with Crippen LogP contribution in [0.25, 0.3) is 55.6 Å². The molecular weight excluding hydrogens is 504 g/mol. The third-order valence-corrected chi connectivity index (χ3v) is 7.49. The van der Waals surface area contributed by atoms with Gasteiger partial charge in [0.2, 0.25) is 5.89 Å². The van der Waals surface area contributed by atoms with Crippen LogP contribution in [0.15, 0.2) is 154 Å². The van der Waals surface area contributed by atoms with Crippen LogP contribution < -0.4 is 4.90 Å². The van der Waals surface area contributed by atoms with E-state index in [-0.39, 0.29) is 0 Å². The van der Waals surface area contributed by atoms with Gasteiger partial charge in [-0.3, -0.25) is 0 Å². The fraction of sp³-hybridized carbons (Fsp3) is 0. The van der Waals surface area contributed by atoms with E-state index in [4.69, 9.17) is 13.8 Å². The van der Waals surface area contributed by atoms with E-state index in [0.29, 0.717) is 5.89 Å². The van der Waals surface area contributed by atoms with Gasteiger partial charge >= 0.3 is 0 Å². The maximum absolute atomic E-state index is 6.49. The molecule has 2 heterocycles. The van der Waals surface area contributed by atoms with Gasteiger partial charge in [0, 0.05) is 45.0 Å². The van der Waals surface area contributed by atoms with Crippen LogP contribution in [0.4, 0.5) is 17.1 Å². The average molecular weight is 529 g/mol. The monoisotopic (exact) mass is 528 g/mol. The van der Waals surface area contributed by atoms with Crippen LogP contribution in [0.5, 0.6) is 0 Å². The molecule has 0 aliphatic rings. The molecule has 0 radical (unpaired) electrons. The minimum atomic E-state index is 0.610. The molecule has 41 heavy (non-hydrogen) atoms. The van der Waals surface area contributed by atoms with Crippen LogP contribution >= 0.6 is 0 Å². The van der Waals surface area contributed by atoms with Crippen LogP contribution in [0.2, 0.25) is 0 Å². The van der Waals surface area contributed by atoms with Crippen molar-refractivity contribution in [3.63, 3.8) is 0 Å². The van der Waals surface area contributed by atoms with Crippen molar-refractivity contribution in [2.45, 2.75) is 0 Å². The van der Waals surface area contributed by atoms with Crippen molar-refractivity contribution in [3.05, 3.63) is 146 Å². The Labute approximate surface area is 236 Å². The molecule has 2 aromatic heterocycles. The molecule has 0 saturated carbocycles. The second-order valence-electron chi connectivity index (χ2n) is 10.0. The fourth-order valence-electron chi connectivity index (χ4n) is 5.54. The summed E-state index contributed by atoms with van der Waals surface area (Å²) in [5.41, 5.74) is 9.58. The Morgan fingerprint density at radius 2 is 1.10 bits per heavy atom. The van der Waals surface area contributed by atoms with E-state index in [9.17, 15) is 0 Å². The molecule has 4 nitrogen and oxygen atoms in total. The Bertz CT molecular complexity index is 2090. The maximum atomic E-state index is 6.49. The van der Waals surface area contributed by atoms with Crippen molar-refractivity contribution < 1.29 is 8.83 Å². The number of hydrogen-bond donors (Lipinski definition) is 0. The molecule has 0 N–H and O–H groups in total. The number of nitrogens with zero attached hydrogens (tertiary/aromatic N) is 2. The van der Waals surface area contributed by atoms with Gasteiger partial charge in [-0.25, -0.2) is 4.98 Å². The predicted octanol–water partition coefficient (Wildman–Crippen LogP) is 10.5. The summed E-state index contributed by atoms with van der Waals surface area (Å²) in [5.74, 6) is 0.610. The molecule has 0 fully saturated rings. The van der Waals surface area contributed by atoms with Gasteiger partial charge in [-0.15, -0.1) is 0 Å². The topological polar surface area (TPSA) is 42.4 Å². The van der Waals surface area contributed by atoms with Crippen LogP contribution in [-0.2, 0) is 0 Å². The van der Waals surface area contributed by atoms with E-state index in [1.165, 1.54) is 0 Å². The first-order chi connectivity index (χ1) is 20.3. The second kappa shape index (κ2) is 9.54. The summed E-state index contributed by atoms with van der Waals surface area (Å²) in [4.78, 5) is 6.99. The van der Waals surface area contributed by atoms with Gasteiger partial charge in [-0.1, -0.05) is 84.9 Å². The van der Waals surface area contributed by atoms with Gasteiger partial charge in [0.25, 0.3) is 0 Å². The second-order valence-corrected chi connectivity index (χ2v) is 10.0. The highest BCUT2D eigenvalue weighted by molar-refractivity contribution is 6.12. The van der Waals surface area contributed by atoms with E-state index < -0.39 is 0 Å². The smallest absolute Gasteiger partial charge is 0.227 e. The molecule has 8 aromatic rings. The van der Waals surface area contributed by atoms with Crippen LogP contribution in [-0.4, -0.2) is 4.98 Å². The molecule has 0 atom stereocenters. The number of para-hydroxylation sites is 3. The normalized spacial score (nSPS) is 11.4. The minimum absolute atomic E-state index is 0.610. The van der Waals surface area contributed by atoms with Gasteiger partial charge < -0.3 is 13.7 Å². The average Bonchev–Trinajstić information content (AvgIpc) is 3.62. The summed E-state index contributed by atoms with van der Waals surface area (Å²) in [7, 11) is 0. The molecule has 0 bridgehead atoms. The Morgan fingerprint density at radius 1 is 0.463 bits per heavy atom. The largest absolute Gasteiger partial charge is 0.455 e. The van der Waals surface area contributed by atoms with Gasteiger partial charge in [-0.2, -0.15) is 0 Å². The summed E-state index contributed by atoms with van der Waals surface area (Å²) in [6.07, 6.45) is 0. The summed E-state index contributed by atoms with van der Waals surface area (Å²) < 4.78 is 12.6. The van der Waals surface area contributed by atoms with Crippen molar-refractivity contribution in [1.82, 2.24) is 4.98 Å². The molecule has 4 heteroatoms. The molecule has 0 aliphatic heterocycles. The number of fused-ring (bicyclic) bond motifs is 4. The quantitative estimate of drug-likeness (QED) is 0.223. The molecular formula is C37H24N2O2. The van der Waals surface area contributed by atoms with Crippen LogP contribution in [0.3, 0.4) is 0 Å². The lowest BCUT2D eigenvalue weighted by atomic mass is 10.0. The Hall–Kier alpha value is -5.61. The zero-order chi connectivity index (χ0) is 27.2. The Balaban J connectivity index is 1.20.